The van der Waals surface area contributed by atoms with Gasteiger partial charge in [-0.3, -0.25) is 0 Å². The Morgan fingerprint density at radius 2 is 2.25 bits per heavy atom. The molecule has 0 radical (unpaired) electrons. The van der Waals surface area contributed by atoms with Crippen LogP contribution in [0.4, 0.5) is 4.39 Å². The van der Waals surface area contributed by atoms with Crippen molar-refractivity contribution in [3.8, 4) is 5.75 Å². The molecule has 1 rings (SSSR count). The van der Waals surface area contributed by atoms with Gasteiger partial charge in [-0.25, -0.2) is 4.39 Å². The number of hydrogen-bond acceptors (Lipinski definition) is 2. The zero-order chi connectivity index (χ0) is 9.14. The van der Waals surface area contributed by atoms with E-state index in [0.717, 1.165) is 18.2 Å². The summed E-state index contributed by atoms with van der Waals surface area (Å²) in [6, 6.07) is 3.28. The monoisotopic (exact) mass is 188 g/mol. The lowest BCUT2D eigenvalue weighted by Gasteiger charge is -2.04. The lowest BCUT2D eigenvalue weighted by molar-refractivity contribution is -0.107. The standard InChI is InChI=1S/C8H6ClFO2/c9-7(4-11)6-3-5(10)1-2-8(6)12/h1-4,7,12H. The van der Waals surface area contributed by atoms with Crippen LogP contribution < -0.4 is 0 Å². The fraction of sp³-hybridized carbons (Fsp3) is 0.125. The molecule has 2 nitrogen and oxygen atoms in total. The van der Waals surface area contributed by atoms with Gasteiger partial charge in [-0.2, -0.15) is 0 Å². The van der Waals surface area contributed by atoms with E-state index in [1.165, 1.54) is 0 Å². The topological polar surface area (TPSA) is 37.3 Å². The first kappa shape index (κ1) is 9.00. The van der Waals surface area contributed by atoms with Gasteiger partial charge in [-0.15, -0.1) is 11.6 Å². The van der Waals surface area contributed by atoms with Crippen LogP contribution in [0.25, 0.3) is 0 Å². The molecule has 0 heterocycles. The van der Waals surface area contributed by atoms with Crippen molar-refractivity contribution < 1.29 is 14.3 Å². The van der Waals surface area contributed by atoms with Crippen LogP contribution in [0.3, 0.4) is 0 Å². The molecule has 0 bridgehead atoms. The largest absolute Gasteiger partial charge is 0.508 e. The Morgan fingerprint density at radius 1 is 1.58 bits per heavy atom. The summed E-state index contributed by atoms with van der Waals surface area (Å²) in [4.78, 5) is 10.2. The number of carbonyl (C=O) groups is 1. The number of phenolic OH excluding ortho intramolecular Hbond substituents is 1. The molecule has 0 amide bonds. The first-order chi connectivity index (χ1) is 5.65. The number of carbonyl (C=O) groups excluding carboxylic acids is 1. The summed E-state index contributed by atoms with van der Waals surface area (Å²) in [5.74, 6) is -0.709. The molecular formula is C8H6ClFO2. The molecule has 0 aliphatic rings. The van der Waals surface area contributed by atoms with E-state index in [0.29, 0.717) is 6.29 Å². The Kier molecular flexibility index (Phi) is 2.65. The van der Waals surface area contributed by atoms with E-state index in [1.807, 2.05) is 0 Å². The average Bonchev–Trinajstić information content (AvgIpc) is 2.08. The van der Waals surface area contributed by atoms with Gasteiger partial charge >= 0.3 is 0 Å². The molecule has 1 atom stereocenters. The Bertz CT molecular complexity index is 301. The number of alkyl halides is 1. The maximum atomic E-state index is 12.6. The van der Waals surface area contributed by atoms with Crippen molar-refractivity contribution in [1.29, 1.82) is 0 Å². The molecule has 4 heteroatoms. The smallest absolute Gasteiger partial charge is 0.142 e. The van der Waals surface area contributed by atoms with E-state index in [2.05, 4.69) is 0 Å². The van der Waals surface area contributed by atoms with Crippen LogP contribution in [0.15, 0.2) is 18.2 Å². The molecule has 0 aromatic heterocycles. The number of benzene rings is 1. The second kappa shape index (κ2) is 3.54. The summed E-state index contributed by atoms with van der Waals surface area (Å²) < 4.78 is 12.6. The predicted molar refractivity (Wildman–Crippen MR) is 42.7 cm³/mol. The van der Waals surface area contributed by atoms with Crippen LogP contribution in [-0.2, 0) is 4.79 Å². The fourth-order valence-electron chi connectivity index (χ4n) is 0.820. The zero-order valence-electron chi connectivity index (χ0n) is 6.00. The lowest BCUT2D eigenvalue weighted by atomic mass is 10.1. The van der Waals surface area contributed by atoms with Gasteiger partial charge in [0.1, 0.15) is 23.2 Å². The van der Waals surface area contributed by atoms with Gasteiger partial charge < -0.3 is 9.90 Å². The second-order valence-electron chi connectivity index (χ2n) is 2.24. The van der Waals surface area contributed by atoms with E-state index in [9.17, 15) is 9.18 Å². The van der Waals surface area contributed by atoms with Gasteiger partial charge in [-0.1, -0.05) is 0 Å². The maximum Gasteiger partial charge on any atom is 0.142 e. The van der Waals surface area contributed by atoms with Gasteiger partial charge in [0.05, 0.1) is 0 Å². The first-order valence-corrected chi connectivity index (χ1v) is 3.66. The number of phenols is 1. The van der Waals surface area contributed by atoms with Gasteiger partial charge in [0.25, 0.3) is 0 Å². The molecule has 0 saturated heterocycles. The average molecular weight is 189 g/mol. The van der Waals surface area contributed by atoms with Crippen molar-refractivity contribution in [2.24, 2.45) is 0 Å². The van der Waals surface area contributed by atoms with E-state index in [1.54, 1.807) is 0 Å². The Labute approximate surface area is 73.6 Å². The molecule has 0 aliphatic carbocycles. The predicted octanol–water partition coefficient (Wildman–Crippen LogP) is 2.01. The summed E-state index contributed by atoms with van der Waals surface area (Å²) in [6.07, 6.45) is 0.427. The molecular weight excluding hydrogens is 183 g/mol. The normalized spacial score (nSPS) is 12.5. The minimum absolute atomic E-state index is 0.0895. The maximum absolute atomic E-state index is 12.6. The number of halogens is 2. The summed E-state index contributed by atoms with van der Waals surface area (Å²) in [6.45, 7) is 0. The van der Waals surface area contributed by atoms with Crippen molar-refractivity contribution in [2.75, 3.05) is 0 Å². The third-order valence-electron chi connectivity index (χ3n) is 1.41. The second-order valence-corrected chi connectivity index (χ2v) is 2.71. The highest BCUT2D eigenvalue weighted by molar-refractivity contribution is 6.27. The highest BCUT2D eigenvalue weighted by Gasteiger charge is 2.11. The minimum atomic E-state index is -0.999. The molecule has 1 unspecified atom stereocenters. The number of aldehydes is 1. The van der Waals surface area contributed by atoms with E-state index < -0.39 is 11.2 Å². The van der Waals surface area contributed by atoms with Crippen LogP contribution >= 0.6 is 11.6 Å². The quantitative estimate of drug-likeness (QED) is 0.570. The van der Waals surface area contributed by atoms with Crippen molar-refractivity contribution in [3.63, 3.8) is 0 Å². The van der Waals surface area contributed by atoms with Crippen molar-refractivity contribution in [2.45, 2.75) is 5.38 Å². The SMILES string of the molecule is O=CC(Cl)c1cc(F)ccc1O. The Hall–Kier alpha value is -1.09. The summed E-state index contributed by atoms with van der Waals surface area (Å²) in [5, 5.41) is 8.13. The molecule has 1 N–H and O–H groups in total. The fourth-order valence-corrected chi connectivity index (χ4v) is 0.994. The van der Waals surface area contributed by atoms with Crippen LogP contribution in [0.5, 0.6) is 5.75 Å². The molecule has 1 aromatic rings. The van der Waals surface area contributed by atoms with Crippen LogP contribution in [-0.4, -0.2) is 11.4 Å². The van der Waals surface area contributed by atoms with Crippen molar-refractivity contribution >= 4 is 17.9 Å². The molecule has 12 heavy (non-hydrogen) atoms. The van der Waals surface area contributed by atoms with Crippen LogP contribution in [0.2, 0.25) is 0 Å². The Morgan fingerprint density at radius 3 is 2.83 bits per heavy atom. The molecule has 64 valence electrons. The highest BCUT2D eigenvalue weighted by Crippen LogP contribution is 2.27. The number of rotatable bonds is 2. The van der Waals surface area contributed by atoms with Gasteiger partial charge in [-0.05, 0) is 18.2 Å². The summed E-state index contributed by atoms with van der Waals surface area (Å²) in [5.41, 5.74) is 0.0895. The van der Waals surface area contributed by atoms with E-state index in [-0.39, 0.29) is 11.3 Å². The molecule has 0 fully saturated rings. The molecule has 0 spiro atoms. The van der Waals surface area contributed by atoms with E-state index >= 15 is 0 Å². The molecule has 1 aromatic carbocycles. The zero-order valence-corrected chi connectivity index (χ0v) is 6.75. The van der Waals surface area contributed by atoms with E-state index in [4.69, 9.17) is 16.7 Å². The third kappa shape index (κ3) is 1.74. The highest BCUT2D eigenvalue weighted by atomic mass is 35.5. The molecule has 0 saturated carbocycles. The van der Waals surface area contributed by atoms with Gasteiger partial charge in [0.15, 0.2) is 0 Å². The van der Waals surface area contributed by atoms with Crippen LogP contribution in [0.1, 0.15) is 10.9 Å². The lowest BCUT2D eigenvalue weighted by Crippen LogP contribution is -1.92. The number of aromatic hydroxyl groups is 1. The summed E-state index contributed by atoms with van der Waals surface area (Å²) >= 11 is 5.47. The number of hydrogen-bond donors (Lipinski definition) is 1. The van der Waals surface area contributed by atoms with Crippen molar-refractivity contribution in [1.82, 2.24) is 0 Å². The third-order valence-corrected chi connectivity index (χ3v) is 1.74. The van der Waals surface area contributed by atoms with Gasteiger partial charge in [0, 0.05) is 5.56 Å². The van der Waals surface area contributed by atoms with Crippen LogP contribution in [0, 0.1) is 5.82 Å². The minimum Gasteiger partial charge on any atom is -0.508 e. The molecule has 0 aliphatic heterocycles. The van der Waals surface area contributed by atoms with Crippen molar-refractivity contribution in [3.05, 3.63) is 29.6 Å². The summed E-state index contributed by atoms with van der Waals surface area (Å²) in [7, 11) is 0. The Balaban J connectivity index is 3.12. The first-order valence-electron chi connectivity index (χ1n) is 3.23. The van der Waals surface area contributed by atoms with Gasteiger partial charge in [0.2, 0.25) is 0 Å².